The van der Waals surface area contributed by atoms with Gasteiger partial charge in [-0.25, -0.2) is 52.0 Å². The number of sulfone groups is 1. The van der Waals surface area contributed by atoms with Gasteiger partial charge in [-0.2, -0.15) is 19.0 Å². The summed E-state index contributed by atoms with van der Waals surface area (Å²) < 4.78 is 200. The van der Waals surface area contributed by atoms with Gasteiger partial charge in [-0.05, 0) is 75.8 Å². The minimum atomic E-state index is -4.18. The van der Waals surface area contributed by atoms with Crippen molar-refractivity contribution in [3.8, 4) is 11.1 Å². The first-order valence-electron chi connectivity index (χ1n) is 20.2. The number of carbonyl (C=O) groups is 1. The predicted molar refractivity (Wildman–Crippen MR) is 222 cm³/mol. The zero-order valence-electron chi connectivity index (χ0n) is 35.0. The normalized spacial score (nSPS) is 16.8. The van der Waals surface area contributed by atoms with Gasteiger partial charge in [-0.1, -0.05) is 23.7 Å². The molecule has 2 aliphatic carbocycles. The summed E-state index contributed by atoms with van der Waals surface area (Å²) in [4.78, 5) is 18.8. The predicted octanol–water partition coefficient (Wildman–Crippen LogP) is 9.17. The topological polar surface area (TPSA) is 158 Å². The molecule has 25 heteroatoms. The number of nitrogens with zero attached hydrogens (tertiary/aromatic N) is 5. The van der Waals surface area contributed by atoms with E-state index in [1.54, 1.807) is 0 Å². The van der Waals surface area contributed by atoms with E-state index >= 15 is 17.6 Å². The van der Waals surface area contributed by atoms with Crippen LogP contribution in [-0.2, 0) is 62.4 Å². The number of hydrogen-bond donors (Lipinski definition) is 2. The largest absolute Gasteiger partial charge is 0.346 e. The van der Waals surface area contributed by atoms with Gasteiger partial charge >= 0.3 is 0 Å². The van der Waals surface area contributed by atoms with Crippen molar-refractivity contribution in [2.45, 2.75) is 113 Å². The molecule has 1 atom stereocenters. The van der Waals surface area contributed by atoms with Crippen LogP contribution >= 0.6 is 11.6 Å². The van der Waals surface area contributed by atoms with Crippen LogP contribution in [0, 0.1) is 11.6 Å². The lowest BCUT2D eigenvalue weighted by Gasteiger charge is -2.29. The van der Waals surface area contributed by atoms with Crippen LogP contribution in [0.15, 0.2) is 42.5 Å². The van der Waals surface area contributed by atoms with Crippen LogP contribution in [0.4, 0.5) is 49.7 Å². The Labute approximate surface area is 376 Å². The van der Waals surface area contributed by atoms with Crippen LogP contribution in [0.3, 0.4) is 0 Å². The van der Waals surface area contributed by atoms with E-state index in [1.807, 2.05) is 0 Å². The summed E-state index contributed by atoms with van der Waals surface area (Å²) in [5.74, 6) is -12.3. The Morgan fingerprint density at radius 3 is 2.14 bits per heavy atom. The van der Waals surface area contributed by atoms with Gasteiger partial charge in [0.05, 0.1) is 49.5 Å². The van der Waals surface area contributed by atoms with Crippen LogP contribution in [0.5, 0.6) is 0 Å². The number of carbonyl (C=O) groups excluding carboxylic acids is 1. The molecule has 7 rings (SSSR count). The second-order valence-electron chi connectivity index (χ2n) is 16.9. The van der Waals surface area contributed by atoms with Crippen LogP contribution in [0.1, 0.15) is 92.3 Å². The Balaban J connectivity index is 1.42. The van der Waals surface area contributed by atoms with Gasteiger partial charge < -0.3 is 5.32 Å². The number of rotatable bonds is 17. The van der Waals surface area contributed by atoms with E-state index in [-0.39, 0.29) is 61.5 Å². The summed E-state index contributed by atoms with van der Waals surface area (Å²) in [5, 5.41) is 8.98. The maximum absolute atomic E-state index is 15.4. The molecular weight excluding hydrogens is 960 g/mol. The molecule has 3 aromatic heterocycles. The molecule has 0 radical (unpaired) electrons. The number of pyridine rings is 1. The molecule has 66 heavy (non-hydrogen) atoms. The number of aryl methyl sites for hydroxylation is 1. The second-order valence-corrected chi connectivity index (χ2v) is 21.9. The fourth-order valence-corrected chi connectivity index (χ4v) is 10.9. The monoisotopic (exact) mass is 999 g/mol. The van der Waals surface area contributed by atoms with E-state index in [2.05, 4.69) is 20.2 Å². The standard InChI is InChI=1S/C41H40ClF10N7O5S2/c1-39(2,66(63,64)24-5-6-24)11-10-23-4-7-25(26-8-9-27(42)31-35(26)58(18-29(45)46)56-38(31)57-65(3,61)62)33(53-23)28(16-20-14-21(43)17-22(44)15-20)54-30(60)19-59-36-32(34(55-59)37(47)48)40(49,50)12-13-41(36,51)52/h4,7-9,14-15,17,24,28-29,37H,5-6,10-13,16,18-19H2,1-3H3,(H,54,60)(H,56,57)/t28-/m0/s1. The van der Waals surface area contributed by atoms with Crippen LogP contribution in [0.2, 0.25) is 5.02 Å². The fourth-order valence-electron chi connectivity index (χ4n) is 8.15. The quantitative estimate of drug-likeness (QED) is 0.0874. The van der Waals surface area contributed by atoms with Crippen LogP contribution < -0.4 is 10.0 Å². The highest BCUT2D eigenvalue weighted by molar-refractivity contribution is 7.93. The van der Waals surface area contributed by atoms with Crippen molar-refractivity contribution >= 4 is 54.1 Å². The van der Waals surface area contributed by atoms with Gasteiger partial charge in [0.15, 0.2) is 15.7 Å². The smallest absolute Gasteiger partial charge is 0.290 e. The first-order valence-corrected chi connectivity index (χ1v) is 24.0. The van der Waals surface area contributed by atoms with E-state index in [9.17, 15) is 48.0 Å². The highest BCUT2D eigenvalue weighted by Crippen LogP contribution is 2.52. The molecule has 0 bridgehead atoms. The van der Waals surface area contributed by atoms with Gasteiger partial charge in [0.2, 0.25) is 15.9 Å². The Bertz CT molecular complexity index is 2920. The number of anilines is 1. The molecular formula is C41H40ClF10N7O5S2. The molecule has 12 nitrogen and oxygen atoms in total. The molecule has 5 aromatic rings. The number of aromatic nitrogens is 5. The molecule has 1 fully saturated rings. The summed E-state index contributed by atoms with van der Waals surface area (Å²) >= 11 is 6.54. The molecule has 1 saturated carbocycles. The van der Waals surface area contributed by atoms with Crippen molar-refractivity contribution in [3.05, 3.63) is 93.0 Å². The maximum atomic E-state index is 15.4. The minimum absolute atomic E-state index is 0.00759. The van der Waals surface area contributed by atoms with Crippen molar-refractivity contribution in [3.63, 3.8) is 0 Å². The average molecular weight is 1000 g/mol. The zero-order chi connectivity index (χ0) is 48.5. The second kappa shape index (κ2) is 17.6. The third kappa shape index (κ3) is 9.99. The summed E-state index contributed by atoms with van der Waals surface area (Å²) in [6, 6.07) is 6.05. The Kier molecular flexibility index (Phi) is 13.1. The molecule has 1 amide bonds. The van der Waals surface area contributed by atoms with E-state index in [0.717, 1.165) is 23.1 Å². The van der Waals surface area contributed by atoms with Gasteiger partial charge in [0, 0.05) is 35.7 Å². The first-order chi connectivity index (χ1) is 30.6. The lowest BCUT2D eigenvalue weighted by atomic mass is 9.89. The molecule has 0 aliphatic heterocycles. The third-order valence-corrected chi connectivity index (χ3v) is 15.4. The number of alkyl halides is 8. The third-order valence-electron chi connectivity index (χ3n) is 11.4. The van der Waals surface area contributed by atoms with E-state index in [4.69, 9.17) is 16.6 Å². The molecule has 3 heterocycles. The van der Waals surface area contributed by atoms with E-state index < -0.39 is 133 Å². The number of amides is 1. The van der Waals surface area contributed by atoms with Gasteiger partial charge in [-0.15, -0.1) is 0 Å². The Hall–Kier alpha value is -4.97. The number of benzene rings is 2. The Morgan fingerprint density at radius 2 is 1.53 bits per heavy atom. The van der Waals surface area contributed by atoms with Gasteiger partial charge in [0.25, 0.3) is 24.7 Å². The molecule has 2 N–H and O–H groups in total. The van der Waals surface area contributed by atoms with Gasteiger partial charge in [0.1, 0.15) is 36.1 Å². The number of sulfonamides is 1. The number of hydrogen-bond acceptors (Lipinski definition) is 8. The molecule has 358 valence electrons. The lowest BCUT2D eigenvalue weighted by Crippen LogP contribution is -2.37. The molecule has 0 spiro atoms. The highest BCUT2D eigenvalue weighted by atomic mass is 35.5. The number of halogens is 11. The minimum Gasteiger partial charge on any atom is -0.346 e. The maximum Gasteiger partial charge on any atom is 0.290 e. The van der Waals surface area contributed by atoms with E-state index in [1.165, 1.54) is 38.1 Å². The summed E-state index contributed by atoms with van der Waals surface area (Å²) in [6.07, 6.45) is -8.74. The van der Waals surface area contributed by atoms with Crippen LogP contribution in [0.25, 0.3) is 22.0 Å². The first kappa shape index (κ1) is 48.9. The molecule has 2 aromatic carbocycles. The van der Waals surface area contributed by atoms with Crippen molar-refractivity contribution in [2.75, 3.05) is 11.0 Å². The molecule has 2 aliphatic rings. The summed E-state index contributed by atoms with van der Waals surface area (Å²) in [7, 11) is -7.74. The van der Waals surface area contributed by atoms with E-state index in [0.29, 0.717) is 18.9 Å². The summed E-state index contributed by atoms with van der Waals surface area (Å²) in [5.41, 5.74) is -5.53. The Morgan fingerprint density at radius 1 is 0.894 bits per heavy atom. The fraction of sp³-hybridized carbons (Fsp3) is 0.463. The zero-order valence-corrected chi connectivity index (χ0v) is 37.4. The molecule has 0 unspecified atom stereocenters. The van der Waals surface area contributed by atoms with Crippen LogP contribution in [-0.4, -0.2) is 70.0 Å². The van der Waals surface area contributed by atoms with Crippen molar-refractivity contribution in [1.29, 1.82) is 0 Å². The summed E-state index contributed by atoms with van der Waals surface area (Å²) in [6.45, 7) is 0.563. The van der Waals surface area contributed by atoms with Crippen molar-refractivity contribution in [2.24, 2.45) is 0 Å². The van der Waals surface area contributed by atoms with Crippen molar-refractivity contribution < 1.29 is 65.5 Å². The SMILES string of the molecule is CC(C)(CCc1ccc(-c2ccc(Cl)c3c(NS(C)(=O)=O)nn(CC(F)F)c23)c([C@H](Cc2cc(F)cc(F)c2)NC(=O)Cn2nc(C(F)F)c3c2C(F)(F)CCC3(F)F)n1)S(=O)(=O)C1CC1. The molecule has 0 saturated heterocycles. The number of nitrogens with one attached hydrogen (secondary N) is 2. The van der Waals surface area contributed by atoms with Gasteiger partial charge in [-0.3, -0.25) is 23.9 Å². The average Bonchev–Trinajstić information content (AvgIpc) is 3.90. The highest BCUT2D eigenvalue weighted by Gasteiger charge is 2.55. The lowest BCUT2D eigenvalue weighted by molar-refractivity contribution is -0.123. The number of fused-ring (bicyclic) bond motifs is 2. The van der Waals surface area contributed by atoms with Crippen molar-refractivity contribution in [1.82, 2.24) is 29.9 Å².